The molecule has 0 aromatic heterocycles. The van der Waals surface area contributed by atoms with E-state index < -0.39 is 6.04 Å². The number of halogens is 1. The highest BCUT2D eigenvalue weighted by Crippen LogP contribution is 2.14. The Morgan fingerprint density at radius 1 is 1.14 bits per heavy atom. The van der Waals surface area contributed by atoms with E-state index in [1.807, 2.05) is 60.7 Å². The van der Waals surface area contributed by atoms with Crippen molar-refractivity contribution >= 4 is 29.9 Å². The lowest BCUT2D eigenvalue weighted by Crippen LogP contribution is -2.51. The number of hydrogen-bond donors (Lipinski definition) is 2. The van der Waals surface area contributed by atoms with Crippen molar-refractivity contribution < 1.29 is 14.3 Å². The van der Waals surface area contributed by atoms with Crippen LogP contribution in [0.3, 0.4) is 0 Å². The molecule has 0 radical (unpaired) electrons. The molecule has 3 rings (SSSR count). The van der Waals surface area contributed by atoms with Crippen LogP contribution in [-0.4, -0.2) is 50.7 Å². The number of para-hydroxylation sites is 1. The fraction of sp³-hybridized carbons (Fsp3) is 0.364. The van der Waals surface area contributed by atoms with Crippen LogP contribution in [0.1, 0.15) is 12.0 Å². The van der Waals surface area contributed by atoms with Gasteiger partial charge < -0.3 is 20.3 Å². The summed E-state index contributed by atoms with van der Waals surface area (Å²) in [6.07, 6.45) is 0.727. The Morgan fingerprint density at radius 3 is 2.41 bits per heavy atom. The molecule has 1 saturated heterocycles. The van der Waals surface area contributed by atoms with Gasteiger partial charge in [0, 0.05) is 38.2 Å². The average molecular weight is 418 g/mol. The Balaban J connectivity index is 0.00000300. The van der Waals surface area contributed by atoms with E-state index in [4.69, 9.17) is 4.74 Å². The SMILES string of the molecule is CN(C(=O)[C@H](Cc1ccccc1)NC(=O)CC1COCCN1)c1ccccc1.Cl. The number of amides is 2. The monoisotopic (exact) mass is 417 g/mol. The Bertz CT molecular complexity index is 767. The van der Waals surface area contributed by atoms with Gasteiger partial charge in [-0.3, -0.25) is 9.59 Å². The molecule has 2 N–H and O–H groups in total. The van der Waals surface area contributed by atoms with E-state index >= 15 is 0 Å². The molecule has 2 amide bonds. The molecule has 29 heavy (non-hydrogen) atoms. The number of anilines is 1. The molecule has 0 spiro atoms. The van der Waals surface area contributed by atoms with E-state index in [-0.39, 0.29) is 36.7 Å². The molecule has 2 aromatic rings. The van der Waals surface area contributed by atoms with Crippen LogP contribution in [-0.2, 0) is 20.7 Å². The van der Waals surface area contributed by atoms with Crippen molar-refractivity contribution in [2.75, 3.05) is 31.7 Å². The number of ether oxygens (including phenoxy) is 1. The van der Waals surface area contributed by atoms with Crippen molar-refractivity contribution in [3.63, 3.8) is 0 Å². The minimum Gasteiger partial charge on any atom is -0.378 e. The first-order chi connectivity index (χ1) is 13.6. The van der Waals surface area contributed by atoms with Crippen LogP contribution in [0.15, 0.2) is 60.7 Å². The lowest BCUT2D eigenvalue weighted by Gasteiger charge is -2.27. The highest BCUT2D eigenvalue weighted by Gasteiger charge is 2.26. The minimum absolute atomic E-state index is 0. The predicted octanol–water partition coefficient (Wildman–Crippen LogP) is 2.18. The molecule has 0 aliphatic carbocycles. The first-order valence-corrected chi connectivity index (χ1v) is 9.60. The van der Waals surface area contributed by atoms with Gasteiger partial charge in [0.2, 0.25) is 11.8 Å². The van der Waals surface area contributed by atoms with E-state index in [2.05, 4.69) is 10.6 Å². The van der Waals surface area contributed by atoms with Crippen LogP contribution >= 0.6 is 12.4 Å². The van der Waals surface area contributed by atoms with Crippen LogP contribution in [0, 0.1) is 0 Å². The molecule has 6 nitrogen and oxygen atoms in total. The molecule has 2 atom stereocenters. The first-order valence-electron chi connectivity index (χ1n) is 9.60. The molecule has 1 heterocycles. The van der Waals surface area contributed by atoms with E-state index in [1.54, 1.807) is 11.9 Å². The molecule has 1 unspecified atom stereocenters. The topological polar surface area (TPSA) is 70.7 Å². The summed E-state index contributed by atoms with van der Waals surface area (Å²) in [7, 11) is 1.73. The van der Waals surface area contributed by atoms with Crippen LogP contribution in [0.5, 0.6) is 0 Å². The number of nitrogens with one attached hydrogen (secondary N) is 2. The third kappa shape index (κ3) is 6.85. The summed E-state index contributed by atoms with van der Waals surface area (Å²) in [5, 5.41) is 6.21. The highest BCUT2D eigenvalue weighted by molar-refractivity contribution is 5.99. The lowest BCUT2D eigenvalue weighted by molar-refractivity contribution is -0.128. The zero-order chi connectivity index (χ0) is 19.8. The summed E-state index contributed by atoms with van der Waals surface area (Å²) in [6, 6.07) is 18.5. The average Bonchev–Trinajstić information content (AvgIpc) is 2.74. The van der Waals surface area contributed by atoms with Crippen LogP contribution in [0.25, 0.3) is 0 Å². The summed E-state index contributed by atoms with van der Waals surface area (Å²) in [6.45, 7) is 1.91. The molecule has 7 heteroatoms. The summed E-state index contributed by atoms with van der Waals surface area (Å²) in [5.74, 6) is -0.296. The summed E-state index contributed by atoms with van der Waals surface area (Å²) in [4.78, 5) is 27.3. The fourth-order valence-electron chi connectivity index (χ4n) is 3.29. The van der Waals surface area contributed by atoms with Crippen molar-refractivity contribution in [3.8, 4) is 0 Å². The zero-order valence-corrected chi connectivity index (χ0v) is 17.4. The van der Waals surface area contributed by atoms with Crippen molar-refractivity contribution in [1.29, 1.82) is 0 Å². The Kier molecular flexibility index (Phi) is 9.12. The van der Waals surface area contributed by atoms with Gasteiger partial charge in [-0.2, -0.15) is 0 Å². The molecule has 1 fully saturated rings. The lowest BCUT2D eigenvalue weighted by atomic mass is 10.0. The van der Waals surface area contributed by atoms with E-state index in [1.165, 1.54) is 0 Å². The van der Waals surface area contributed by atoms with Gasteiger partial charge in [0.25, 0.3) is 0 Å². The fourth-order valence-corrected chi connectivity index (χ4v) is 3.29. The normalized spacial score (nSPS) is 16.9. The van der Waals surface area contributed by atoms with E-state index in [0.29, 0.717) is 19.6 Å². The maximum absolute atomic E-state index is 13.1. The number of rotatable bonds is 7. The smallest absolute Gasteiger partial charge is 0.249 e. The highest BCUT2D eigenvalue weighted by atomic mass is 35.5. The second-order valence-corrected chi connectivity index (χ2v) is 6.97. The van der Waals surface area contributed by atoms with E-state index in [9.17, 15) is 9.59 Å². The Labute approximate surface area is 178 Å². The second kappa shape index (κ2) is 11.6. The van der Waals surface area contributed by atoms with Crippen LogP contribution in [0.2, 0.25) is 0 Å². The number of benzene rings is 2. The van der Waals surface area contributed by atoms with E-state index in [0.717, 1.165) is 17.8 Å². The van der Waals surface area contributed by atoms with Crippen LogP contribution < -0.4 is 15.5 Å². The summed E-state index contributed by atoms with van der Waals surface area (Å²) in [5.41, 5.74) is 1.80. The van der Waals surface area contributed by atoms with Gasteiger partial charge in [-0.1, -0.05) is 48.5 Å². The van der Waals surface area contributed by atoms with Gasteiger partial charge in [0.1, 0.15) is 6.04 Å². The number of carbonyl (C=O) groups excluding carboxylic acids is 2. The van der Waals surface area contributed by atoms with Crippen molar-refractivity contribution in [1.82, 2.24) is 10.6 Å². The molecule has 2 aromatic carbocycles. The third-order valence-electron chi connectivity index (χ3n) is 4.82. The number of likely N-dealkylation sites (N-methyl/N-ethyl adjacent to an activating group) is 1. The van der Waals surface area contributed by atoms with Gasteiger partial charge in [-0.05, 0) is 17.7 Å². The molecule has 156 valence electrons. The maximum Gasteiger partial charge on any atom is 0.249 e. The summed E-state index contributed by atoms with van der Waals surface area (Å²) < 4.78 is 5.41. The van der Waals surface area contributed by atoms with Gasteiger partial charge in [0.15, 0.2) is 0 Å². The second-order valence-electron chi connectivity index (χ2n) is 6.97. The molecular weight excluding hydrogens is 390 g/mol. The Hall–Kier alpha value is -2.41. The predicted molar refractivity (Wildman–Crippen MR) is 116 cm³/mol. The zero-order valence-electron chi connectivity index (χ0n) is 16.5. The van der Waals surface area contributed by atoms with Gasteiger partial charge in [-0.25, -0.2) is 0 Å². The third-order valence-corrected chi connectivity index (χ3v) is 4.82. The molecule has 0 bridgehead atoms. The maximum atomic E-state index is 13.1. The number of nitrogens with zero attached hydrogens (tertiary/aromatic N) is 1. The van der Waals surface area contributed by atoms with Crippen molar-refractivity contribution in [2.45, 2.75) is 24.9 Å². The van der Waals surface area contributed by atoms with Gasteiger partial charge in [-0.15, -0.1) is 12.4 Å². The number of morpholine rings is 1. The van der Waals surface area contributed by atoms with Crippen LogP contribution in [0.4, 0.5) is 5.69 Å². The minimum atomic E-state index is -0.635. The van der Waals surface area contributed by atoms with Gasteiger partial charge >= 0.3 is 0 Å². The molecule has 1 aliphatic rings. The molecular formula is C22H28ClN3O3. The number of hydrogen-bond acceptors (Lipinski definition) is 4. The summed E-state index contributed by atoms with van der Waals surface area (Å²) >= 11 is 0. The van der Waals surface area contributed by atoms with Crippen molar-refractivity contribution in [2.24, 2.45) is 0 Å². The standard InChI is InChI=1S/C22H27N3O3.ClH/c1-25(19-10-6-3-7-11-19)22(27)20(14-17-8-4-2-5-9-17)24-21(26)15-18-16-28-13-12-23-18;/h2-11,18,20,23H,12-16H2,1H3,(H,24,26);1H/t18?,20-;/m0./s1. The Morgan fingerprint density at radius 2 is 1.79 bits per heavy atom. The molecule has 0 saturated carbocycles. The number of carbonyl (C=O) groups is 2. The van der Waals surface area contributed by atoms with Crippen molar-refractivity contribution in [3.05, 3.63) is 66.2 Å². The first kappa shape index (κ1) is 22.9. The quantitative estimate of drug-likeness (QED) is 0.724. The molecule has 1 aliphatic heterocycles. The largest absolute Gasteiger partial charge is 0.378 e. The van der Waals surface area contributed by atoms with Gasteiger partial charge in [0.05, 0.1) is 13.2 Å².